The molecule has 5 nitrogen and oxygen atoms in total. The van der Waals surface area contributed by atoms with Gasteiger partial charge in [-0.2, -0.15) is 0 Å². The molecule has 1 atom stereocenters. The summed E-state index contributed by atoms with van der Waals surface area (Å²) in [6, 6.07) is 26.1. The Morgan fingerprint density at radius 2 is 1.58 bits per heavy atom. The van der Waals surface area contributed by atoms with Crippen LogP contribution in [-0.4, -0.2) is 49.1 Å². The molecule has 3 aromatic rings. The van der Waals surface area contributed by atoms with E-state index in [-0.39, 0.29) is 25.7 Å². The summed E-state index contributed by atoms with van der Waals surface area (Å²) in [6.45, 7) is 1.03. The first-order valence-corrected chi connectivity index (χ1v) is 10.6. The van der Waals surface area contributed by atoms with Crippen molar-refractivity contribution in [2.45, 2.75) is 11.5 Å². The fourth-order valence-corrected chi connectivity index (χ4v) is 4.84. The fourth-order valence-electron chi connectivity index (χ4n) is 4.84. The van der Waals surface area contributed by atoms with Crippen molar-refractivity contribution in [1.82, 2.24) is 4.90 Å². The van der Waals surface area contributed by atoms with Gasteiger partial charge in [0.1, 0.15) is 12.1 Å². The highest BCUT2D eigenvalue weighted by Crippen LogP contribution is 2.44. The minimum atomic E-state index is -0.942. The monoisotopic (exact) mass is 415 g/mol. The summed E-state index contributed by atoms with van der Waals surface area (Å²) in [5, 5.41) is 10.3. The van der Waals surface area contributed by atoms with Crippen LogP contribution >= 0.6 is 0 Å². The van der Waals surface area contributed by atoms with E-state index in [0.29, 0.717) is 13.2 Å². The smallest absolute Gasteiger partial charge is 0.410 e. The van der Waals surface area contributed by atoms with E-state index in [4.69, 9.17) is 9.47 Å². The van der Waals surface area contributed by atoms with E-state index in [2.05, 4.69) is 24.3 Å². The normalized spacial score (nSPS) is 20.2. The van der Waals surface area contributed by atoms with Crippen molar-refractivity contribution >= 4 is 6.09 Å². The molecule has 1 heterocycles. The summed E-state index contributed by atoms with van der Waals surface area (Å²) >= 11 is 0. The van der Waals surface area contributed by atoms with E-state index < -0.39 is 11.6 Å². The fraction of sp³-hybridized carbons (Fsp3) is 0.269. The van der Waals surface area contributed by atoms with Crippen LogP contribution in [0.25, 0.3) is 11.1 Å². The van der Waals surface area contributed by atoms with Gasteiger partial charge in [0.05, 0.1) is 19.8 Å². The molecule has 0 radical (unpaired) electrons. The summed E-state index contributed by atoms with van der Waals surface area (Å²) in [6.07, 6.45) is -0.428. The second kappa shape index (κ2) is 8.17. The zero-order valence-corrected chi connectivity index (χ0v) is 17.2. The number of aliphatic hydroxyl groups excluding tert-OH is 1. The first-order chi connectivity index (χ1) is 15.2. The number of morpholine rings is 1. The number of carbonyl (C=O) groups excluding carboxylic acids is 1. The summed E-state index contributed by atoms with van der Waals surface area (Å²) in [4.78, 5) is 14.9. The van der Waals surface area contributed by atoms with E-state index in [1.54, 1.807) is 4.90 Å². The van der Waals surface area contributed by atoms with Gasteiger partial charge in [0.25, 0.3) is 0 Å². The molecule has 0 bridgehead atoms. The van der Waals surface area contributed by atoms with Crippen molar-refractivity contribution in [2.24, 2.45) is 0 Å². The van der Waals surface area contributed by atoms with Crippen molar-refractivity contribution in [3.63, 3.8) is 0 Å². The third-order valence-electron chi connectivity index (χ3n) is 6.45. The highest BCUT2D eigenvalue weighted by Gasteiger charge is 2.45. The van der Waals surface area contributed by atoms with Crippen LogP contribution in [-0.2, 0) is 15.0 Å². The number of nitrogens with zero attached hydrogens (tertiary/aromatic N) is 1. The minimum absolute atomic E-state index is 0.00218. The number of hydrogen-bond acceptors (Lipinski definition) is 4. The number of benzene rings is 3. The van der Waals surface area contributed by atoms with Crippen LogP contribution in [0, 0.1) is 0 Å². The maximum absolute atomic E-state index is 13.3. The standard InChI is InChI=1S/C26H25NO4/c28-17-26(19-8-2-1-3-9-19)18-30-15-14-27(26)25(29)31-16-24-22-12-6-4-10-20(22)21-11-5-7-13-23(21)24/h1-13,24,28H,14-18H2. The predicted octanol–water partition coefficient (Wildman–Crippen LogP) is 4.16. The molecule has 1 N–H and O–H groups in total. The zero-order chi connectivity index (χ0) is 21.3. The molecule has 2 aliphatic rings. The molecule has 1 aliphatic heterocycles. The second-order valence-electron chi connectivity index (χ2n) is 8.06. The first kappa shape index (κ1) is 19.8. The van der Waals surface area contributed by atoms with Crippen LogP contribution < -0.4 is 0 Å². The van der Waals surface area contributed by atoms with Crippen molar-refractivity contribution < 1.29 is 19.4 Å². The van der Waals surface area contributed by atoms with Gasteiger partial charge in [-0.15, -0.1) is 0 Å². The maximum atomic E-state index is 13.3. The molecular weight excluding hydrogens is 390 g/mol. The van der Waals surface area contributed by atoms with Gasteiger partial charge in [0, 0.05) is 12.5 Å². The van der Waals surface area contributed by atoms with Gasteiger partial charge in [-0.1, -0.05) is 78.9 Å². The maximum Gasteiger partial charge on any atom is 0.410 e. The number of ether oxygens (including phenoxy) is 2. The summed E-state index contributed by atoms with van der Waals surface area (Å²) < 4.78 is 11.6. The lowest BCUT2D eigenvalue weighted by molar-refractivity contribution is -0.0869. The first-order valence-electron chi connectivity index (χ1n) is 10.6. The topological polar surface area (TPSA) is 59.0 Å². The molecule has 1 saturated heterocycles. The quantitative estimate of drug-likeness (QED) is 0.695. The van der Waals surface area contributed by atoms with Crippen LogP contribution in [0.15, 0.2) is 78.9 Å². The number of fused-ring (bicyclic) bond motifs is 3. The SMILES string of the molecule is O=C(OCC1c2ccccc2-c2ccccc21)N1CCOCC1(CO)c1ccccc1. The van der Waals surface area contributed by atoms with E-state index in [1.807, 2.05) is 54.6 Å². The van der Waals surface area contributed by atoms with Crippen LogP contribution in [0.1, 0.15) is 22.6 Å². The summed E-state index contributed by atoms with van der Waals surface area (Å²) in [7, 11) is 0. The van der Waals surface area contributed by atoms with Gasteiger partial charge in [-0.3, -0.25) is 4.90 Å². The third kappa shape index (κ3) is 3.30. The number of rotatable bonds is 4. The van der Waals surface area contributed by atoms with Gasteiger partial charge in [0.15, 0.2) is 0 Å². The number of aliphatic hydroxyl groups is 1. The molecule has 0 spiro atoms. The van der Waals surface area contributed by atoms with Crippen LogP contribution in [0.3, 0.4) is 0 Å². The molecule has 1 amide bonds. The van der Waals surface area contributed by atoms with Crippen molar-refractivity contribution in [3.8, 4) is 11.1 Å². The Bertz CT molecular complexity index is 1040. The van der Waals surface area contributed by atoms with Crippen molar-refractivity contribution in [1.29, 1.82) is 0 Å². The second-order valence-corrected chi connectivity index (χ2v) is 8.06. The molecular formula is C26H25NO4. The molecule has 0 saturated carbocycles. The molecule has 3 aromatic carbocycles. The third-order valence-corrected chi connectivity index (χ3v) is 6.45. The molecule has 1 unspecified atom stereocenters. The van der Waals surface area contributed by atoms with E-state index in [1.165, 1.54) is 22.3 Å². The largest absolute Gasteiger partial charge is 0.448 e. The average Bonchev–Trinajstić information content (AvgIpc) is 3.16. The Labute approximate surface area is 181 Å². The molecule has 1 fully saturated rings. The number of amides is 1. The molecule has 158 valence electrons. The van der Waals surface area contributed by atoms with Crippen molar-refractivity contribution in [3.05, 3.63) is 95.6 Å². The van der Waals surface area contributed by atoms with Gasteiger partial charge >= 0.3 is 6.09 Å². The highest BCUT2D eigenvalue weighted by atomic mass is 16.6. The molecule has 31 heavy (non-hydrogen) atoms. The Balaban J connectivity index is 1.40. The Morgan fingerprint density at radius 1 is 0.968 bits per heavy atom. The Kier molecular flexibility index (Phi) is 5.22. The van der Waals surface area contributed by atoms with Crippen LogP contribution in [0.4, 0.5) is 4.79 Å². The Hall–Kier alpha value is -3.15. The van der Waals surface area contributed by atoms with E-state index in [0.717, 1.165) is 5.56 Å². The lowest BCUT2D eigenvalue weighted by Crippen LogP contribution is -2.59. The van der Waals surface area contributed by atoms with Gasteiger partial charge in [-0.05, 0) is 27.8 Å². The van der Waals surface area contributed by atoms with E-state index >= 15 is 0 Å². The number of hydrogen-bond donors (Lipinski definition) is 1. The summed E-state index contributed by atoms with van der Waals surface area (Å²) in [5.41, 5.74) is 4.64. The Morgan fingerprint density at radius 3 is 2.23 bits per heavy atom. The minimum Gasteiger partial charge on any atom is -0.448 e. The van der Waals surface area contributed by atoms with Crippen molar-refractivity contribution in [2.75, 3.05) is 33.0 Å². The molecule has 0 aromatic heterocycles. The molecule has 1 aliphatic carbocycles. The lowest BCUT2D eigenvalue weighted by Gasteiger charge is -2.45. The number of carbonyl (C=O) groups is 1. The molecule has 5 heteroatoms. The van der Waals surface area contributed by atoms with Crippen LogP contribution in [0.5, 0.6) is 0 Å². The van der Waals surface area contributed by atoms with Crippen LogP contribution in [0.2, 0.25) is 0 Å². The average molecular weight is 415 g/mol. The predicted molar refractivity (Wildman–Crippen MR) is 118 cm³/mol. The van der Waals surface area contributed by atoms with E-state index in [9.17, 15) is 9.90 Å². The van der Waals surface area contributed by atoms with Gasteiger partial charge in [0.2, 0.25) is 0 Å². The summed E-state index contributed by atoms with van der Waals surface area (Å²) in [5.74, 6) is -0.00218. The van der Waals surface area contributed by atoms with Gasteiger partial charge in [-0.25, -0.2) is 4.79 Å². The molecule has 5 rings (SSSR count). The van der Waals surface area contributed by atoms with Gasteiger partial charge < -0.3 is 14.6 Å². The lowest BCUT2D eigenvalue weighted by atomic mass is 9.88. The zero-order valence-electron chi connectivity index (χ0n) is 17.2. The highest BCUT2D eigenvalue weighted by molar-refractivity contribution is 5.79.